The molecule has 1 aromatic heterocycles. The first-order chi connectivity index (χ1) is 12.1. The van der Waals surface area contributed by atoms with Crippen molar-refractivity contribution in [1.29, 1.82) is 0 Å². The van der Waals surface area contributed by atoms with Gasteiger partial charge < -0.3 is 0 Å². The molecule has 0 aliphatic heterocycles. The molecule has 1 aromatic rings. The van der Waals surface area contributed by atoms with Crippen molar-refractivity contribution in [3.8, 4) is 0 Å². The van der Waals surface area contributed by atoms with Crippen molar-refractivity contribution in [1.82, 2.24) is 13.7 Å². The highest BCUT2D eigenvalue weighted by atomic mass is 16.2. The van der Waals surface area contributed by atoms with Crippen molar-refractivity contribution < 1.29 is 0 Å². The van der Waals surface area contributed by atoms with Crippen LogP contribution in [0.4, 0.5) is 0 Å². The Morgan fingerprint density at radius 1 is 0.760 bits per heavy atom. The second kappa shape index (κ2) is 11.2. The van der Waals surface area contributed by atoms with Crippen molar-refractivity contribution in [2.75, 3.05) is 0 Å². The molecular formula is C19H29N3O3. The van der Waals surface area contributed by atoms with Crippen LogP contribution in [0.15, 0.2) is 51.8 Å². The fourth-order valence-corrected chi connectivity index (χ4v) is 2.53. The summed E-state index contributed by atoms with van der Waals surface area (Å²) < 4.78 is 3.19. The molecule has 0 bridgehead atoms. The molecule has 25 heavy (non-hydrogen) atoms. The third-order valence-electron chi connectivity index (χ3n) is 3.90. The predicted molar refractivity (Wildman–Crippen MR) is 102 cm³/mol. The summed E-state index contributed by atoms with van der Waals surface area (Å²) in [6.07, 6.45) is 13.2. The van der Waals surface area contributed by atoms with Gasteiger partial charge >= 0.3 is 17.1 Å². The molecule has 0 N–H and O–H groups in total. The second-order valence-corrected chi connectivity index (χ2v) is 5.91. The smallest absolute Gasteiger partial charge is 0.247 e. The van der Waals surface area contributed by atoms with Gasteiger partial charge in [-0.15, -0.1) is 13.2 Å². The zero-order valence-corrected chi connectivity index (χ0v) is 15.2. The topological polar surface area (TPSA) is 66.0 Å². The molecule has 1 rings (SSSR count). The number of unbranched alkanes of at least 4 members (excludes halogenated alkanes) is 4. The molecule has 0 spiro atoms. The van der Waals surface area contributed by atoms with Crippen molar-refractivity contribution in [2.45, 2.75) is 65.1 Å². The van der Waals surface area contributed by atoms with E-state index in [-0.39, 0.29) is 13.1 Å². The van der Waals surface area contributed by atoms with E-state index < -0.39 is 17.1 Å². The van der Waals surface area contributed by atoms with Gasteiger partial charge in [0.1, 0.15) is 0 Å². The van der Waals surface area contributed by atoms with Crippen LogP contribution in [-0.4, -0.2) is 13.7 Å². The van der Waals surface area contributed by atoms with Crippen LogP contribution in [-0.2, 0) is 19.6 Å². The third-order valence-corrected chi connectivity index (χ3v) is 3.90. The average molecular weight is 347 g/mol. The van der Waals surface area contributed by atoms with E-state index >= 15 is 0 Å². The lowest BCUT2D eigenvalue weighted by Crippen LogP contribution is -2.54. The Balaban J connectivity index is 2.88. The van der Waals surface area contributed by atoms with Crippen molar-refractivity contribution in [3.05, 3.63) is 68.9 Å². The van der Waals surface area contributed by atoms with Gasteiger partial charge in [0.2, 0.25) is 0 Å². The fourth-order valence-electron chi connectivity index (χ4n) is 2.53. The Morgan fingerprint density at radius 2 is 1.24 bits per heavy atom. The molecule has 0 amide bonds. The molecule has 0 unspecified atom stereocenters. The van der Waals surface area contributed by atoms with Crippen molar-refractivity contribution in [2.24, 2.45) is 0 Å². The molecule has 1 heterocycles. The van der Waals surface area contributed by atoms with E-state index in [0.717, 1.165) is 33.0 Å². The maximum atomic E-state index is 12.4. The minimum absolute atomic E-state index is 0.0786. The first kappa shape index (κ1) is 20.7. The summed E-state index contributed by atoms with van der Waals surface area (Å²) in [7, 11) is 0. The van der Waals surface area contributed by atoms with Crippen molar-refractivity contribution in [3.63, 3.8) is 0 Å². The number of hydrogen-bond donors (Lipinski definition) is 0. The third kappa shape index (κ3) is 5.89. The Labute approximate surface area is 148 Å². The number of hydrogen-bond acceptors (Lipinski definition) is 3. The number of allylic oxidation sites excluding steroid dienone is 4. The molecule has 0 saturated heterocycles. The highest BCUT2D eigenvalue weighted by molar-refractivity contribution is 4.85. The van der Waals surface area contributed by atoms with Gasteiger partial charge in [-0.05, 0) is 25.7 Å². The van der Waals surface area contributed by atoms with E-state index in [0.29, 0.717) is 13.0 Å². The van der Waals surface area contributed by atoms with Crippen LogP contribution in [0.1, 0.15) is 45.4 Å². The molecule has 0 radical (unpaired) electrons. The molecule has 0 aliphatic carbocycles. The van der Waals surface area contributed by atoms with E-state index in [1.165, 1.54) is 25.0 Å². The number of aromatic nitrogens is 3. The first-order valence-electron chi connectivity index (χ1n) is 8.89. The summed E-state index contributed by atoms with van der Waals surface area (Å²) in [6.45, 7) is 9.74. The Hall–Kier alpha value is -2.37. The SMILES string of the molecule is C=CCn1c(=O)n(CC=C)c(=O)n(CCCCC=CCCCC)c1=O. The summed E-state index contributed by atoms with van der Waals surface area (Å²) in [5.41, 5.74) is -1.77. The maximum Gasteiger partial charge on any atom is 0.336 e. The first-order valence-corrected chi connectivity index (χ1v) is 8.89. The Kier molecular flexibility index (Phi) is 9.29. The van der Waals surface area contributed by atoms with E-state index in [9.17, 15) is 14.4 Å². The maximum absolute atomic E-state index is 12.4. The van der Waals surface area contributed by atoms with Crippen molar-refractivity contribution >= 4 is 0 Å². The molecule has 138 valence electrons. The van der Waals surface area contributed by atoms with Gasteiger partial charge in [-0.3, -0.25) is 0 Å². The summed E-state index contributed by atoms with van der Waals surface area (Å²) >= 11 is 0. The summed E-state index contributed by atoms with van der Waals surface area (Å²) in [6, 6.07) is 0. The standard InChI is InChI=1S/C19H29N3O3/c1-4-7-8-9-10-11-12-13-16-22-18(24)20(14-5-2)17(23)21(15-6-3)19(22)25/h5-6,9-10H,2-4,7-8,11-16H2,1H3. The molecule has 0 aliphatic rings. The van der Waals surface area contributed by atoms with Crippen LogP contribution in [0.3, 0.4) is 0 Å². The highest BCUT2D eigenvalue weighted by Crippen LogP contribution is 2.01. The van der Waals surface area contributed by atoms with Crippen LogP contribution < -0.4 is 17.1 Å². The van der Waals surface area contributed by atoms with Gasteiger partial charge in [-0.2, -0.15) is 0 Å². The lowest BCUT2D eigenvalue weighted by molar-refractivity contribution is 0.464. The van der Waals surface area contributed by atoms with E-state index in [1.807, 2.05) is 0 Å². The van der Waals surface area contributed by atoms with Gasteiger partial charge in [0, 0.05) is 6.54 Å². The number of rotatable bonds is 12. The van der Waals surface area contributed by atoms with E-state index in [4.69, 9.17) is 0 Å². The normalized spacial score (nSPS) is 11.1. The zero-order valence-electron chi connectivity index (χ0n) is 15.2. The van der Waals surface area contributed by atoms with Crippen LogP contribution in [0.5, 0.6) is 0 Å². The Morgan fingerprint density at radius 3 is 1.72 bits per heavy atom. The van der Waals surface area contributed by atoms with Crippen LogP contribution >= 0.6 is 0 Å². The van der Waals surface area contributed by atoms with Gasteiger partial charge in [-0.1, -0.05) is 44.1 Å². The van der Waals surface area contributed by atoms with Gasteiger partial charge in [-0.25, -0.2) is 28.1 Å². The Bertz CT molecular complexity index is 717. The van der Waals surface area contributed by atoms with Crippen LogP contribution in [0.2, 0.25) is 0 Å². The largest absolute Gasteiger partial charge is 0.336 e. The van der Waals surface area contributed by atoms with E-state index in [1.54, 1.807) is 0 Å². The monoisotopic (exact) mass is 347 g/mol. The minimum atomic E-state index is -0.620. The number of nitrogens with zero attached hydrogens (tertiary/aromatic N) is 3. The summed E-state index contributed by atoms with van der Waals surface area (Å²) in [5.74, 6) is 0. The van der Waals surface area contributed by atoms with Crippen LogP contribution in [0, 0.1) is 0 Å². The molecule has 6 nitrogen and oxygen atoms in total. The molecule has 0 saturated carbocycles. The second-order valence-electron chi connectivity index (χ2n) is 5.91. The fraction of sp³-hybridized carbons (Fsp3) is 0.526. The van der Waals surface area contributed by atoms with Gasteiger partial charge in [0.25, 0.3) is 0 Å². The predicted octanol–water partition coefficient (Wildman–Crippen LogP) is 2.46. The summed E-state index contributed by atoms with van der Waals surface area (Å²) in [5, 5.41) is 0. The lowest BCUT2D eigenvalue weighted by Gasteiger charge is -2.11. The quantitative estimate of drug-likeness (QED) is 0.431. The lowest BCUT2D eigenvalue weighted by atomic mass is 10.2. The van der Waals surface area contributed by atoms with Crippen LogP contribution in [0.25, 0.3) is 0 Å². The molecule has 0 atom stereocenters. The molecule has 0 aromatic carbocycles. The zero-order chi connectivity index (χ0) is 18.7. The molecule has 6 heteroatoms. The molecular weight excluding hydrogens is 318 g/mol. The highest BCUT2D eigenvalue weighted by Gasteiger charge is 2.13. The van der Waals surface area contributed by atoms with E-state index in [2.05, 4.69) is 32.2 Å². The van der Waals surface area contributed by atoms with Gasteiger partial charge in [0.05, 0.1) is 13.1 Å². The summed E-state index contributed by atoms with van der Waals surface area (Å²) in [4.78, 5) is 37.1. The average Bonchev–Trinajstić information content (AvgIpc) is 2.60. The molecule has 0 fully saturated rings. The minimum Gasteiger partial charge on any atom is -0.247 e. The van der Waals surface area contributed by atoms with Gasteiger partial charge in [0.15, 0.2) is 0 Å².